The van der Waals surface area contributed by atoms with Gasteiger partial charge in [0.25, 0.3) is 0 Å². The SMILES string of the molecule is CCN(C1CCCCC1)C(C)C(NC)c1ccc(C)cc1. The lowest BCUT2D eigenvalue weighted by atomic mass is 9.91. The molecule has 0 heterocycles. The standard InChI is InChI=1S/C19H32N2/c1-5-21(18-9-7-6-8-10-18)16(3)19(20-4)17-13-11-15(2)12-14-17/h11-14,16,18-20H,5-10H2,1-4H3. The Morgan fingerprint density at radius 1 is 1.14 bits per heavy atom. The van der Waals surface area contributed by atoms with Crippen LogP contribution in [0.1, 0.15) is 63.1 Å². The number of likely N-dealkylation sites (N-methyl/N-ethyl adjacent to an activating group) is 2. The van der Waals surface area contributed by atoms with Crippen LogP contribution in [0.2, 0.25) is 0 Å². The summed E-state index contributed by atoms with van der Waals surface area (Å²) in [6.07, 6.45) is 6.99. The second-order valence-corrected chi connectivity index (χ2v) is 6.54. The van der Waals surface area contributed by atoms with E-state index in [4.69, 9.17) is 0 Å². The number of rotatable bonds is 6. The van der Waals surface area contributed by atoms with E-state index in [0.29, 0.717) is 12.1 Å². The molecule has 0 aliphatic heterocycles. The lowest BCUT2D eigenvalue weighted by Crippen LogP contribution is -2.48. The highest BCUT2D eigenvalue weighted by Gasteiger charge is 2.29. The van der Waals surface area contributed by atoms with Crippen molar-refractivity contribution in [2.45, 2.75) is 71.0 Å². The smallest absolute Gasteiger partial charge is 0.0473 e. The van der Waals surface area contributed by atoms with E-state index in [2.05, 4.69) is 62.3 Å². The Balaban J connectivity index is 2.12. The second kappa shape index (κ2) is 7.95. The third kappa shape index (κ3) is 4.08. The van der Waals surface area contributed by atoms with Crippen LogP contribution in [-0.4, -0.2) is 30.6 Å². The van der Waals surface area contributed by atoms with Crippen LogP contribution in [0.4, 0.5) is 0 Å². The van der Waals surface area contributed by atoms with Gasteiger partial charge in [-0.2, -0.15) is 0 Å². The Labute approximate surface area is 130 Å². The predicted octanol–water partition coefficient (Wildman–Crippen LogP) is 4.30. The molecule has 2 atom stereocenters. The van der Waals surface area contributed by atoms with E-state index in [9.17, 15) is 0 Å². The molecule has 1 aliphatic rings. The number of hydrogen-bond donors (Lipinski definition) is 1. The molecule has 1 aliphatic carbocycles. The molecule has 0 spiro atoms. The lowest BCUT2D eigenvalue weighted by Gasteiger charge is -2.41. The molecule has 2 nitrogen and oxygen atoms in total. The molecule has 0 saturated heterocycles. The molecule has 21 heavy (non-hydrogen) atoms. The molecule has 2 heteroatoms. The van der Waals surface area contributed by atoms with Crippen LogP contribution in [-0.2, 0) is 0 Å². The summed E-state index contributed by atoms with van der Waals surface area (Å²) in [5, 5.41) is 3.55. The minimum Gasteiger partial charge on any atom is -0.312 e. The molecular formula is C19H32N2. The first-order valence-corrected chi connectivity index (χ1v) is 8.67. The van der Waals surface area contributed by atoms with Gasteiger partial charge in [-0.25, -0.2) is 0 Å². The summed E-state index contributed by atoms with van der Waals surface area (Å²) in [7, 11) is 2.09. The molecular weight excluding hydrogens is 256 g/mol. The zero-order valence-corrected chi connectivity index (χ0v) is 14.2. The first-order chi connectivity index (χ1) is 10.2. The average molecular weight is 288 g/mol. The molecule has 1 aromatic rings. The Hall–Kier alpha value is -0.860. The van der Waals surface area contributed by atoms with E-state index in [0.717, 1.165) is 12.6 Å². The largest absolute Gasteiger partial charge is 0.312 e. The Bertz CT molecular complexity index is 406. The molecule has 118 valence electrons. The summed E-state index contributed by atoms with van der Waals surface area (Å²) >= 11 is 0. The van der Waals surface area contributed by atoms with E-state index in [-0.39, 0.29) is 0 Å². The Morgan fingerprint density at radius 2 is 1.76 bits per heavy atom. The lowest BCUT2D eigenvalue weighted by molar-refractivity contribution is 0.0973. The fourth-order valence-electron chi connectivity index (χ4n) is 3.94. The molecule has 0 radical (unpaired) electrons. The zero-order chi connectivity index (χ0) is 15.2. The molecule has 1 fully saturated rings. The van der Waals surface area contributed by atoms with E-state index in [1.54, 1.807) is 0 Å². The van der Waals surface area contributed by atoms with E-state index < -0.39 is 0 Å². The van der Waals surface area contributed by atoms with Gasteiger partial charge in [0.1, 0.15) is 0 Å². The minimum absolute atomic E-state index is 0.410. The fourth-order valence-corrected chi connectivity index (χ4v) is 3.94. The van der Waals surface area contributed by atoms with Gasteiger partial charge < -0.3 is 5.32 Å². The number of nitrogens with zero attached hydrogens (tertiary/aromatic N) is 1. The van der Waals surface area contributed by atoms with Gasteiger partial charge in [-0.05, 0) is 45.8 Å². The van der Waals surface area contributed by atoms with Gasteiger partial charge in [-0.15, -0.1) is 0 Å². The Morgan fingerprint density at radius 3 is 2.29 bits per heavy atom. The number of nitrogens with one attached hydrogen (secondary N) is 1. The number of aryl methyl sites for hydroxylation is 1. The summed E-state index contributed by atoms with van der Waals surface area (Å²) in [5.74, 6) is 0. The van der Waals surface area contributed by atoms with Gasteiger partial charge in [0.2, 0.25) is 0 Å². The highest BCUT2D eigenvalue weighted by molar-refractivity contribution is 5.25. The maximum Gasteiger partial charge on any atom is 0.0473 e. The molecule has 1 N–H and O–H groups in total. The van der Waals surface area contributed by atoms with Gasteiger partial charge in [-0.1, -0.05) is 56.0 Å². The summed E-state index contributed by atoms with van der Waals surface area (Å²) in [4.78, 5) is 2.72. The van der Waals surface area contributed by atoms with Crippen molar-refractivity contribution in [3.05, 3.63) is 35.4 Å². The van der Waals surface area contributed by atoms with Crippen LogP contribution in [0, 0.1) is 6.92 Å². The highest BCUT2D eigenvalue weighted by atomic mass is 15.2. The summed E-state index contributed by atoms with van der Waals surface area (Å²) in [6.45, 7) is 8.00. The first kappa shape index (κ1) is 16.5. The van der Waals surface area contributed by atoms with Gasteiger partial charge in [0.15, 0.2) is 0 Å². The van der Waals surface area contributed by atoms with Crippen LogP contribution in [0.3, 0.4) is 0 Å². The normalized spacial score (nSPS) is 19.7. The highest BCUT2D eigenvalue weighted by Crippen LogP contribution is 2.28. The first-order valence-electron chi connectivity index (χ1n) is 8.67. The van der Waals surface area contributed by atoms with Crippen molar-refractivity contribution in [2.24, 2.45) is 0 Å². The van der Waals surface area contributed by atoms with Crippen LogP contribution in [0.5, 0.6) is 0 Å². The minimum atomic E-state index is 0.410. The van der Waals surface area contributed by atoms with Crippen LogP contribution < -0.4 is 5.32 Å². The molecule has 1 aromatic carbocycles. The molecule has 0 amide bonds. The monoisotopic (exact) mass is 288 g/mol. The summed E-state index contributed by atoms with van der Waals surface area (Å²) in [6, 6.07) is 10.7. The van der Waals surface area contributed by atoms with E-state index >= 15 is 0 Å². The third-order valence-corrected chi connectivity index (χ3v) is 5.16. The van der Waals surface area contributed by atoms with Crippen LogP contribution >= 0.6 is 0 Å². The molecule has 2 unspecified atom stereocenters. The molecule has 0 aromatic heterocycles. The maximum absolute atomic E-state index is 3.55. The van der Waals surface area contributed by atoms with Crippen molar-refractivity contribution in [1.82, 2.24) is 10.2 Å². The quantitative estimate of drug-likeness (QED) is 0.839. The second-order valence-electron chi connectivity index (χ2n) is 6.54. The third-order valence-electron chi connectivity index (χ3n) is 5.16. The zero-order valence-electron chi connectivity index (χ0n) is 14.2. The van der Waals surface area contributed by atoms with E-state index in [1.165, 1.54) is 43.2 Å². The van der Waals surface area contributed by atoms with Crippen molar-refractivity contribution in [1.29, 1.82) is 0 Å². The van der Waals surface area contributed by atoms with Gasteiger partial charge in [0, 0.05) is 18.1 Å². The van der Waals surface area contributed by atoms with Crippen molar-refractivity contribution in [3.63, 3.8) is 0 Å². The van der Waals surface area contributed by atoms with Crippen molar-refractivity contribution in [2.75, 3.05) is 13.6 Å². The Kier molecular flexibility index (Phi) is 6.25. The molecule has 1 saturated carbocycles. The number of benzene rings is 1. The fraction of sp³-hybridized carbons (Fsp3) is 0.684. The van der Waals surface area contributed by atoms with Crippen LogP contribution in [0.15, 0.2) is 24.3 Å². The molecule has 2 rings (SSSR count). The topological polar surface area (TPSA) is 15.3 Å². The van der Waals surface area contributed by atoms with Gasteiger partial charge in [-0.3, -0.25) is 4.90 Å². The average Bonchev–Trinajstić information content (AvgIpc) is 2.52. The van der Waals surface area contributed by atoms with Gasteiger partial charge >= 0.3 is 0 Å². The predicted molar refractivity (Wildman–Crippen MR) is 91.7 cm³/mol. The van der Waals surface area contributed by atoms with Crippen molar-refractivity contribution < 1.29 is 0 Å². The summed E-state index contributed by atoms with van der Waals surface area (Å²) < 4.78 is 0. The van der Waals surface area contributed by atoms with Crippen molar-refractivity contribution in [3.8, 4) is 0 Å². The maximum atomic E-state index is 3.55. The van der Waals surface area contributed by atoms with E-state index in [1.807, 2.05) is 0 Å². The van der Waals surface area contributed by atoms with Crippen LogP contribution in [0.25, 0.3) is 0 Å². The number of hydrogen-bond acceptors (Lipinski definition) is 2. The van der Waals surface area contributed by atoms with Crippen molar-refractivity contribution >= 4 is 0 Å². The summed E-state index contributed by atoms with van der Waals surface area (Å²) in [5.41, 5.74) is 2.74. The van der Waals surface area contributed by atoms with Gasteiger partial charge in [0.05, 0.1) is 0 Å². The molecule has 0 bridgehead atoms.